The average molecular weight is 301 g/mol. The van der Waals surface area contributed by atoms with Crippen LogP contribution in [0, 0.1) is 5.92 Å². The third-order valence-corrected chi connectivity index (χ3v) is 4.44. The van der Waals surface area contributed by atoms with Crippen LogP contribution in [-0.4, -0.2) is 28.5 Å². The molecule has 1 aromatic rings. The van der Waals surface area contributed by atoms with Gasteiger partial charge >= 0.3 is 5.97 Å². The van der Waals surface area contributed by atoms with E-state index >= 15 is 0 Å². The van der Waals surface area contributed by atoms with E-state index in [0.717, 1.165) is 4.88 Å². The van der Waals surface area contributed by atoms with Crippen molar-refractivity contribution in [3.8, 4) is 0 Å². The monoisotopic (exact) mass is 301 g/mol. The summed E-state index contributed by atoms with van der Waals surface area (Å²) in [4.78, 5) is 23.3. The molecule has 0 fully saturated rings. The van der Waals surface area contributed by atoms with Gasteiger partial charge in [0.2, 0.25) is 5.91 Å². The Bertz CT molecular complexity index is 404. The molecule has 1 unspecified atom stereocenters. The van der Waals surface area contributed by atoms with Gasteiger partial charge in [-0.05, 0) is 17.4 Å². The van der Waals surface area contributed by atoms with Crippen molar-refractivity contribution in [2.75, 3.05) is 11.5 Å². The van der Waals surface area contributed by atoms with Crippen LogP contribution >= 0.6 is 23.1 Å². The minimum absolute atomic E-state index is 0.0348. The van der Waals surface area contributed by atoms with E-state index in [-0.39, 0.29) is 18.4 Å². The highest BCUT2D eigenvalue weighted by atomic mass is 32.2. The molecule has 0 bridgehead atoms. The molecule has 0 aromatic carbocycles. The topological polar surface area (TPSA) is 66.4 Å². The Morgan fingerprint density at radius 1 is 1.47 bits per heavy atom. The summed E-state index contributed by atoms with van der Waals surface area (Å²) in [5.41, 5.74) is 0. The molecule has 0 saturated carbocycles. The smallest absolute Gasteiger partial charge is 0.304 e. The van der Waals surface area contributed by atoms with E-state index in [2.05, 4.69) is 19.2 Å². The van der Waals surface area contributed by atoms with Gasteiger partial charge in [-0.2, -0.15) is 11.8 Å². The van der Waals surface area contributed by atoms with E-state index in [1.807, 2.05) is 17.5 Å². The maximum atomic E-state index is 11.8. The molecule has 0 aliphatic carbocycles. The number of thiophene rings is 1. The van der Waals surface area contributed by atoms with Crippen molar-refractivity contribution < 1.29 is 14.7 Å². The van der Waals surface area contributed by atoms with Gasteiger partial charge in [-0.3, -0.25) is 9.59 Å². The third kappa shape index (κ3) is 6.11. The van der Waals surface area contributed by atoms with E-state index in [9.17, 15) is 9.59 Å². The summed E-state index contributed by atoms with van der Waals surface area (Å²) in [5, 5.41) is 13.5. The van der Waals surface area contributed by atoms with Crippen LogP contribution in [0.15, 0.2) is 17.5 Å². The quantitative estimate of drug-likeness (QED) is 0.725. The summed E-state index contributed by atoms with van der Waals surface area (Å²) in [5.74, 6) is 0.233. The van der Waals surface area contributed by atoms with Crippen LogP contribution in [0.25, 0.3) is 0 Å². The molecule has 0 aliphatic rings. The highest BCUT2D eigenvalue weighted by molar-refractivity contribution is 7.99. The van der Waals surface area contributed by atoms with Gasteiger partial charge in [0, 0.05) is 10.6 Å². The summed E-state index contributed by atoms with van der Waals surface area (Å²) in [6.45, 7) is 4.14. The van der Waals surface area contributed by atoms with Crippen LogP contribution in [0.3, 0.4) is 0 Å². The van der Waals surface area contributed by atoms with Gasteiger partial charge in [0.05, 0.1) is 18.2 Å². The fourth-order valence-electron chi connectivity index (χ4n) is 1.57. The van der Waals surface area contributed by atoms with Crippen LogP contribution in [0.2, 0.25) is 0 Å². The molecule has 1 aromatic heterocycles. The van der Waals surface area contributed by atoms with Crippen LogP contribution < -0.4 is 5.32 Å². The molecule has 0 radical (unpaired) electrons. The van der Waals surface area contributed by atoms with Crippen molar-refractivity contribution in [2.24, 2.45) is 5.92 Å². The molecule has 2 N–H and O–H groups in total. The molecule has 0 spiro atoms. The Morgan fingerprint density at radius 3 is 2.74 bits per heavy atom. The Kier molecular flexibility index (Phi) is 6.94. The number of carbonyl (C=O) groups is 2. The van der Waals surface area contributed by atoms with E-state index in [1.165, 1.54) is 11.8 Å². The fourth-order valence-corrected chi connectivity index (χ4v) is 3.26. The number of hydrogen-bond donors (Lipinski definition) is 2. The lowest BCUT2D eigenvalue weighted by Crippen LogP contribution is -2.32. The molecule has 1 amide bonds. The van der Waals surface area contributed by atoms with Crippen molar-refractivity contribution in [3.63, 3.8) is 0 Å². The van der Waals surface area contributed by atoms with Crippen molar-refractivity contribution in [2.45, 2.75) is 26.3 Å². The predicted octanol–water partition coefficient (Wildman–Crippen LogP) is 2.77. The highest BCUT2D eigenvalue weighted by Crippen LogP contribution is 2.25. The molecule has 1 heterocycles. The number of thioether (sulfide) groups is 1. The lowest BCUT2D eigenvalue weighted by atomic mass is 10.0. The summed E-state index contributed by atoms with van der Waals surface area (Å²) in [6.07, 6.45) is 0.0937. The minimum atomic E-state index is -0.827. The summed E-state index contributed by atoms with van der Waals surface area (Å²) in [6, 6.07) is 4.03. The lowest BCUT2D eigenvalue weighted by Gasteiger charge is -2.21. The minimum Gasteiger partial charge on any atom is -0.481 e. The van der Waals surface area contributed by atoms with Crippen LogP contribution in [-0.2, 0) is 9.59 Å². The van der Waals surface area contributed by atoms with Crippen LogP contribution in [0.4, 0.5) is 0 Å². The number of nitrogens with one attached hydrogen (secondary N) is 1. The maximum Gasteiger partial charge on any atom is 0.304 e. The van der Waals surface area contributed by atoms with Gasteiger partial charge in [-0.25, -0.2) is 0 Å². The third-order valence-electron chi connectivity index (χ3n) is 2.53. The molecule has 106 valence electrons. The number of carboxylic acid groups (broad SMARTS) is 1. The molecule has 0 saturated heterocycles. The van der Waals surface area contributed by atoms with Gasteiger partial charge in [-0.15, -0.1) is 11.3 Å². The molecule has 6 heteroatoms. The van der Waals surface area contributed by atoms with E-state index in [0.29, 0.717) is 17.4 Å². The average Bonchev–Trinajstić information content (AvgIpc) is 2.84. The first-order chi connectivity index (χ1) is 9.00. The number of rotatable bonds is 8. The zero-order valence-electron chi connectivity index (χ0n) is 11.1. The highest BCUT2D eigenvalue weighted by Gasteiger charge is 2.18. The summed E-state index contributed by atoms with van der Waals surface area (Å²) in [7, 11) is 0. The number of amides is 1. The molecule has 19 heavy (non-hydrogen) atoms. The van der Waals surface area contributed by atoms with Gasteiger partial charge in [0.1, 0.15) is 0 Å². The maximum absolute atomic E-state index is 11.8. The predicted molar refractivity (Wildman–Crippen MR) is 79.6 cm³/mol. The zero-order chi connectivity index (χ0) is 14.3. The molecular weight excluding hydrogens is 282 g/mol. The van der Waals surface area contributed by atoms with E-state index in [1.54, 1.807) is 11.3 Å². The number of carbonyl (C=O) groups excluding carboxylic acids is 1. The molecule has 1 atom stereocenters. The van der Waals surface area contributed by atoms with Crippen molar-refractivity contribution in [1.29, 1.82) is 0 Å². The second kappa shape index (κ2) is 8.22. The van der Waals surface area contributed by atoms with Crippen molar-refractivity contribution in [3.05, 3.63) is 22.4 Å². The zero-order valence-corrected chi connectivity index (χ0v) is 12.7. The molecule has 1 rings (SSSR count). The van der Waals surface area contributed by atoms with E-state index < -0.39 is 5.97 Å². The first-order valence-corrected chi connectivity index (χ1v) is 8.16. The summed E-state index contributed by atoms with van der Waals surface area (Å²) < 4.78 is 0. The molecule has 4 nitrogen and oxygen atoms in total. The summed E-state index contributed by atoms with van der Waals surface area (Å²) >= 11 is 2.99. The van der Waals surface area contributed by atoms with Crippen molar-refractivity contribution in [1.82, 2.24) is 5.32 Å². The normalized spacial score (nSPS) is 12.4. The number of aliphatic carboxylic acids is 1. The Hall–Kier alpha value is -1.01. The first kappa shape index (κ1) is 16.0. The Balaban J connectivity index is 2.38. The SMILES string of the molecule is CC(C)C(NC(=O)CSCCC(=O)O)c1cccs1. The number of carboxylic acids is 1. The fraction of sp³-hybridized carbons (Fsp3) is 0.538. The molecular formula is C13H19NO3S2. The Morgan fingerprint density at radius 2 is 2.21 bits per heavy atom. The van der Waals surface area contributed by atoms with Gasteiger partial charge < -0.3 is 10.4 Å². The van der Waals surface area contributed by atoms with Gasteiger partial charge in [-0.1, -0.05) is 19.9 Å². The van der Waals surface area contributed by atoms with Gasteiger partial charge in [0.15, 0.2) is 0 Å². The second-order valence-corrected chi connectivity index (χ2v) is 6.59. The largest absolute Gasteiger partial charge is 0.481 e. The van der Waals surface area contributed by atoms with Crippen LogP contribution in [0.5, 0.6) is 0 Å². The Labute approximate surface area is 121 Å². The molecule has 0 aliphatic heterocycles. The van der Waals surface area contributed by atoms with Gasteiger partial charge in [0.25, 0.3) is 0 Å². The second-order valence-electron chi connectivity index (χ2n) is 4.50. The standard InChI is InChI=1S/C13H19NO3S2/c1-9(2)13(10-4-3-6-19-10)14-11(15)8-18-7-5-12(16)17/h3-4,6,9,13H,5,7-8H2,1-2H3,(H,14,15)(H,16,17). The van der Waals surface area contributed by atoms with Crippen molar-refractivity contribution >= 4 is 35.0 Å². The van der Waals surface area contributed by atoms with Crippen LogP contribution in [0.1, 0.15) is 31.2 Å². The first-order valence-electron chi connectivity index (χ1n) is 6.13. The lowest BCUT2D eigenvalue weighted by molar-refractivity contribution is -0.136. The van der Waals surface area contributed by atoms with E-state index in [4.69, 9.17) is 5.11 Å². The number of hydrogen-bond acceptors (Lipinski definition) is 4.